The first kappa shape index (κ1) is 15.4. The Morgan fingerprint density at radius 3 is 2.60 bits per heavy atom. The number of rotatable bonds is 5. The lowest BCUT2D eigenvalue weighted by molar-refractivity contribution is -0.123. The quantitative estimate of drug-likeness (QED) is 0.503. The summed E-state index contributed by atoms with van der Waals surface area (Å²) in [4.78, 5) is 11.6. The number of nitrogens with one attached hydrogen (secondary N) is 1. The fourth-order valence-electron chi connectivity index (χ4n) is 1.53. The molecule has 0 spiro atoms. The molecule has 4 nitrogen and oxygen atoms in total. The van der Waals surface area contributed by atoms with Crippen molar-refractivity contribution in [1.82, 2.24) is 5.43 Å². The van der Waals surface area contributed by atoms with E-state index in [1.807, 2.05) is 6.92 Å². The van der Waals surface area contributed by atoms with E-state index in [1.165, 1.54) is 12.1 Å². The predicted octanol–water partition coefficient (Wildman–Crippen LogP) is 3.93. The second-order valence-electron chi connectivity index (χ2n) is 4.55. The van der Waals surface area contributed by atoms with Crippen molar-refractivity contribution in [2.24, 2.45) is 11.0 Å². The SMILES string of the molecule is C/C(=N\NC(=O)COc1cc(Cl)c(Cl)cc1Cl)C1CC1. The minimum absolute atomic E-state index is 0.195. The first-order chi connectivity index (χ1) is 9.47. The van der Waals surface area contributed by atoms with Crippen molar-refractivity contribution in [2.45, 2.75) is 19.8 Å². The maximum Gasteiger partial charge on any atom is 0.277 e. The van der Waals surface area contributed by atoms with Gasteiger partial charge in [0.25, 0.3) is 5.91 Å². The first-order valence-electron chi connectivity index (χ1n) is 6.07. The molecule has 1 amide bonds. The van der Waals surface area contributed by atoms with Crippen molar-refractivity contribution in [3.05, 3.63) is 27.2 Å². The van der Waals surface area contributed by atoms with Gasteiger partial charge >= 0.3 is 0 Å². The molecule has 0 radical (unpaired) electrons. The number of halogens is 3. The third-order valence-corrected chi connectivity index (χ3v) is 3.88. The number of ether oxygens (including phenoxy) is 1. The molecule has 1 aliphatic carbocycles. The number of carbonyl (C=O) groups excluding carboxylic acids is 1. The molecule has 1 fully saturated rings. The number of hydrogen-bond acceptors (Lipinski definition) is 3. The number of benzene rings is 1. The van der Waals surface area contributed by atoms with Crippen LogP contribution in [0, 0.1) is 5.92 Å². The Morgan fingerprint density at radius 1 is 1.30 bits per heavy atom. The molecule has 0 unspecified atom stereocenters. The minimum Gasteiger partial charge on any atom is -0.482 e. The molecule has 1 saturated carbocycles. The van der Waals surface area contributed by atoms with Gasteiger partial charge in [-0.1, -0.05) is 34.8 Å². The summed E-state index contributed by atoms with van der Waals surface area (Å²) in [6.45, 7) is 1.70. The van der Waals surface area contributed by atoms with Crippen LogP contribution in [0.3, 0.4) is 0 Å². The van der Waals surface area contributed by atoms with E-state index in [4.69, 9.17) is 39.5 Å². The standard InChI is InChI=1S/C13H13Cl3N2O2/c1-7(8-2-3-8)17-18-13(19)6-20-12-5-10(15)9(14)4-11(12)16/h4-5,8H,2-3,6H2,1H3,(H,18,19)/b17-7+. The summed E-state index contributed by atoms with van der Waals surface area (Å²) in [5.41, 5.74) is 3.38. The second kappa shape index (κ2) is 6.66. The van der Waals surface area contributed by atoms with E-state index >= 15 is 0 Å². The zero-order valence-corrected chi connectivity index (χ0v) is 13.0. The van der Waals surface area contributed by atoms with E-state index in [-0.39, 0.29) is 12.5 Å². The lowest BCUT2D eigenvalue weighted by Gasteiger charge is -2.08. The summed E-state index contributed by atoms with van der Waals surface area (Å²) in [5, 5.41) is 4.95. The van der Waals surface area contributed by atoms with Crippen LogP contribution >= 0.6 is 34.8 Å². The van der Waals surface area contributed by atoms with Gasteiger partial charge in [0.2, 0.25) is 0 Å². The molecule has 7 heteroatoms. The van der Waals surface area contributed by atoms with Crippen molar-refractivity contribution < 1.29 is 9.53 Å². The van der Waals surface area contributed by atoms with Gasteiger partial charge in [-0.15, -0.1) is 0 Å². The number of hydrazone groups is 1. The Morgan fingerprint density at radius 2 is 1.95 bits per heavy atom. The Balaban J connectivity index is 1.87. The van der Waals surface area contributed by atoms with Crippen LogP contribution in [0.15, 0.2) is 17.2 Å². The number of amides is 1. The van der Waals surface area contributed by atoms with Crippen molar-refractivity contribution in [2.75, 3.05) is 6.61 Å². The van der Waals surface area contributed by atoms with Gasteiger partial charge in [0.15, 0.2) is 6.61 Å². The third kappa shape index (κ3) is 4.27. The highest BCUT2D eigenvalue weighted by atomic mass is 35.5. The summed E-state index contributed by atoms with van der Waals surface area (Å²) < 4.78 is 5.29. The number of hydrogen-bond donors (Lipinski definition) is 1. The lowest BCUT2D eigenvalue weighted by Crippen LogP contribution is -2.25. The van der Waals surface area contributed by atoms with E-state index in [2.05, 4.69) is 10.5 Å². The molecule has 1 aromatic rings. The number of carbonyl (C=O) groups is 1. The van der Waals surface area contributed by atoms with E-state index in [1.54, 1.807) is 0 Å². The van der Waals surface area contributed by atoms with Crippen molar-refractivity contribution in [1.29, 1.82) is 0 Å². The van der Waals surface area contributed by atoms with Gasteiger partial charge in [-0.2, -0.15) is 5.10 Å². The molecular formula is C13H13Cl3N2O2. The second-order valence-corrected chi connectivity index (χ2v) is 5.77. The fourth-order valence-corrected chi connectivity index (χ4v) is 2.12. The lowest BCUT2D eigenvalue weighted by atomic mass is 10.3. The fraction of sp³-hybridized carbons (Fsp3) is 0.385. The molecule has 0 saturated heterocycles. The minimum atomic E-state index is -0.355. The maximum atomic E-state index is 11.6. The highest BCUT2D eigenvalue weighted by Gasteiger charge is 2.24. The van der Waals surface area contributed by atoms with Gasteiger partial charge in [0.1, 0.15) is 5.75 Å². The maximum absolute atomic E-state index is 11.6. The summed E-state index contributed by atoms with van der Waals surface area (Å²) in [5.74, 6) is 0.465. The molecule has 108 valence electrons. The monoisotopic (exact) mass is 334 g/mol. The van der Waals surface area contributed by atoms with Gasteiger partial charge in [-0.25, -0.2) is 5.43 Å². The van der Waals surface area contributed by atoms with Crippen LogP contribution in [0.4, 0.5) is 0 Å². The molecule has 0 atom stereocenters. The van der Waals surface area contributed by atoms with Gasteiger partial charge in [-0.3, -0.25) is 4.79 Å². The summed E-state index contributed by atoms with van der Waals surface area (Å²) in [6.07, 6.45) is 2.28. The van der Waals surface area contributed by atoms with Gasteiger partial charge < -0.3 is 4.74 Å². The Kier molecular flexibility index (Phi) is 5.13. The van der Waals surface area contributed by atoms with Crippen LogP contribution in [0.25, 0.3) is 0 Å². The molecule has 1 aliphatic rings. The van der Waals surface area contributed by atoms with Gasteiger partial charge in [0.05, 0.1) is 15.1 Å². The van der Waals surface area contributed by atoms with Crippen LogP contribution in [-0.2, 0) is 4.79 Å². The van der Waals surface area contributed by atoms with Crippen LogP contribution in [0.1, 0.15) is 19.8 Å². The Bertz CT molecular complexity index is 557. The highest BCUT2D eigenvalue weighted by molar-refractivity contribution is 6.43. The molecule has 20 heavy (non-hydrogen) atoms. The normalized spacial score (nSPS) is 15.1. The predicted molar refractivity (Wildman–Crippen MR) is 80.9 cm³/mol. The van der Waals surface area contributed by atoms with Gasteiger partial charge in [0, 0.05) is 11.8 Å². The molecule has 1 N–H and O–H groups in total. The first-order valence-corrected chi connectivity index (χ1v) is 7.21. The molecule has 0 aromatic heterocycles. The van der Waals surface area contributed by atoms with E-state index in [0.717, 1.165) is 18.6 Å². The average Bonchev–Trinajstić information content (AvgIpc) is 3.23. The Hall–Kier alpha value is -0.970. The van der Waals surface area contributed by atoms with Crippen molar-refractivity contribution in [3.8, 4) is 5.75 Å². The van der Waals surface area contributed by atoms with E-state index in [9.17, 15) is 4.79 Å². The third-order valence-electron chi connectivity index (χ3n) is 2.86. The molecular weight excluding hydrogens is 323 g/mol. The Labute approximate surface area is 132 Å². The molecule has 0 aliphatic heterocycles. The molecule has 2 rings (SSSR count). The smallest absolute Gasteiger partial charge is 0.277 e. The average molecular weight is 336 g/mol. The van der Waals surface area contributed by atoms with Crippen molar-refractivity contribution in [3.63, 3.8) is 0 Å². The number of nitrogens with zero attached hydrogens (tertiary/aromatic N) is 1. The van der Waals surface area contributed by atoms with Crippen molar-refractivity contribution >= 4 is 46.4 Å². The molecule has 0 heterocycles. The topological polar surface area (TPSA) is 50.7 Å². The van der Waals surface area contributed by atoms with Crippen LogP contribution in [-0.4, -0.2) is 18.2 Å². The molecule has 1 aromatic carbocycles. The van der Waals surface area contributed by atoms with Crippen LogP contribution in [0.2, 0.25) is 15.1 Å². The zero-order chi connectivity index (χ0) is 14.7. The summed E-state index contributed by atoms with van der Waals surface area (Å²) in [6, 6.07) is 2.94. The molecule has 0 bridgehead atoms. The van der Waals surface area contributed by atoms with E-state index < -0.39 is 0 Å². The highest BCUT2D eigenvalue weighted by Crippen LogP contribution is 2.33. The summed E-state index contributed by atoms with van der Waals surface area (Å²) in [7, 11) is 0. The van der Waals surface area contributed by atoms with Gasteiger partial charge in [-0.05, 0) is 31.7 Å². The van der Waals surface area contributed by atoms with Crippen LogP contribution in [0.5, 0.6) is 5.75 Å². The summed E-state index contributed by atoms with van der Waals surface area (Å²) >= 11 is 17.6. The van der Waals surface area contributed by atoms with E-state index in [0.29, 0.717) is 26.7 Å². The largest absolute Gasteiger partial charge is 0.482 e. The van der Waals surface area contributed by atoms with Crippen LogP contribution < -0.4 is 10.2 Å². The zero-order valence-electron chi connectivity index (χ0n) is 10.8.